The number of nitrogens with zero attached hydrogens (tertiary/aromatic N) is 3. The van der Waals surface area contributed by atoms with Crippen molar-refractivity contribution in [3.05, 3.63) is 41.6 Å². The molecule has 2 fully saturated rings. The van der Waals surface area contributed by atoms with Gasteiger partial charge in [0.1, 0.15) is 5.82 Å². The van der Waals surface area contributed by atoms with E-state index in [1.807, 2.05) is 6.20 Å². The summed E-state index contributed by atoms with van der Waals surface area (Å²) in [5, 5.41) is 6.81. The van der Waals surface area contributed by atoms with E-state index < -0.39 is 0 Å². The van der Waals surface area contributed by atoms with Crippen molar-refractivity contribution < 1.29 is 4.74 Å². The second kappa shape index (κ2) is 9.32. The zero-order valence-corrected chi connectivity index (χ0v) is 16.4. The van der Waals surface area contributed by atoms with Crippen molar-refractivity contribution in [2.75, 3.05) is 50.0 Å². The molecule has 0 amide bonds. The Bertz CT molecular complexity index is 773. The van der Waals surface area contributed by atoms with Gasteiger partial charge in [-0.3, -0.25) is 4.90 Å². The molecule has 1 saturated heterocycles. The van der Waals surface area contributed by atoms with Gasteiger partial charge < -0.3 is 21.1 Å². The maximum absolute atomic E-state index is 5.62. The third kappa shape index (κ3) is 5.19. The topological polar surface area (TPSA) is 88.3 Å². The molecule has 0 bridgehead atoms. The fraction of sp³-hybridized carbons (Fsp3) is 0.524. The van der Waals surface area contributed by atoms with E-state index in [4.69, 9.17) is 15.5 Å². The summed E-state index contributed by atoms with van der Waals surface area (Å²) < 4.78 is 5.43. The second-order valence-corrected chi connectivity index (χ2v) is 7.55. The molecule has 4 N–H and O–H groups in total. The zero-order valence-electron chi connectivity index (χ0n) is 16.4. The maximum Gasteiger partial charge on any atom is 0.229 e. The molecule has 2 heterocycles. The molecule has 1 aromatic carbocycles. The monoisotopic (exact) mass is 382 g/mol. The zero-order chi connectivity index (χ0) is 19.2. The van der Waals surface area contributed by atoms with Crippen LogP contribution in [0.2, 0.25) is 0 Å². The summed E-state index contributed by atoms with van der Waals surface area (Å²) in [6.45, 7) is 6.06. The molecule has 1 aliphatic carbocycles. The summed E-state index contributed by atoms with van der Waals surface area (Å²) in [7, 11) is 0. The number of morpholine rings is 1. The molecule has 2 aromatic rings. The first kappa shape index (κ1) is 19.1. The van der Waals surface area contributed by atoms with Gasteiger partial charge in [-0.15, -0.1) is 0 Å². The Hall–Kier alpha value is -2.22. The van der Waals surface area contributed by atoms with Gasteiger partial charge in [0.2, 0.25) is 5.95 Å². The van der Waals surface area contributed by atoms with Crippen LogP contribution in [-0.2, 0) is 11.3 Å². The minimum Gasteiger partial charge on any atom is -0.379 e. The van der Waals surface area contributed by atoms with Crippen molar-refractivity contribution in [3.8, 4) is 0 Å². The predicted octanol–water partition coefficient (Wildman–Crippen LogP) is 2.69. The van der Waals surface area contributed by atoms with Crippen molar-refractivity contribution in [1.29, 1.82) is 0 Å². The Morgan fingerprint density at radius 3 is 2.86 bits per heavy atom. The van der Waals surface area contributed by atoms with Crippen LogP contribution in [0, 0.1) is 0 Å². The number of benzene rings is 1. The first-order valence-electron chi connectivity index (χ1n) is 10.3. The van der Waals surface area contributed by atoms with E-state index in [-0.39, 0.29) is 0 Å². The van der Waals surface area contributed by atoms with Gasteiger partial charge in [-0.05, 0) is 49.4 Å². The highest BCUT2D eigenvalue weighted by Gasteiger charge is 2.27. The predicted molar refractivity (Wildman–Crippen MR) is 112 cm³/mol. The van der Waals surface area contributed by atoms with Crippen LogP contribution in [-0.4, -0.2) is 54.3 Å². The molecule has 0 atom stereocenters. The van der Waals surface area contributed by atoms with Crippen LogP contribution in [0.15, 0.2) is 30.5 Å². The van der Waals surface area contributed by atoms with Gasteiger partial charge in [-0.1, -0.05) is 12.1 Å². The average molecular weight is 383 g/mol. The van der Waals surface area contributed by atoms with Crippen LogP contribution >= 0.6 is 0 Å². The van der Waals surface area contributed by atoms with Crippen molar-refractivity contribution in [2.24, 2.45) is 5.73 Å². The number of anilines is 3. The van der Waals surface area contributed by atoms with Crippen molar-refractivity contribution in [3.63, 3.8) is 0 Å². The Labute approximate surface area is 166 Å². The van der Waals surface area contributed by atoms with Gasteiger partial charge >= 0.3 is 0 Å². The van der Waals surface area contributed by atoms with Crippen LogP contribution in [0.4, 0.5) is 17.5 Å². The highest BCUT2D eigenvalue weighted by molar-refractivity contribution is 5.58. The lowest BCUT2D eigenvalue weighted by molar-refractivity contribution is 0.0342. The molecule has 4 rings (SSSR count). The number of nitrogens with one attached hydrogen (secondary N) is 2. The number of nitrogens with two attached hydrogens (primary N) is 1. The highest BCUT2D eigenvalue weighted by atomic mass is 16.5. The molecule has 7 heteroatoms. The molecule has 0 spiro atoms. The van der Waals surface area contributed by atoms with Gasteiger partial charge in [-0.25, -0.2) is 4.98 Å². The molecular formula is C21H30N6O. The van der Waals surface area contributed by atoms with Crippen molar-refractivity contribution in [1.82, 2.24) is 14.9 Å². The van der Waals surface area contributed by atoms with E-state index in [1.165, 1.54) is 24.0 Å². The summed E-state index contributed by atoms with van der Waals surface area (Å²) in [6.07, 6.45) is 5.35. The van der Waals surface area contributed by atoms with Gasteiger partial charge in [0.05, 0.1) is 13.2 Å². The van der Waals surface area contributed by atoms with E-state index in [0.717, 1.165) is 57.3 Å². The van der Waals surface area contributed by atoms with E-state index in [2.05, 4.69) is 44.8 Å². The Morgan fingerprint density at radius 2 is 2.07 bits per heavy atom. The molecule has 2 aliphatic rings. The van der Waals surface area contributed by atoms with Gasteiger partial charge in [0.25, 0.3) is 0 Å². The SMILES string of the molecule is NCCCNc1nc(Nc2cccc(CN3CCOCC3)c2)ncc1C1CC1. The van der Waals surface area contributed by atoms with Crippen LogP contribution < -0.4 is 16.4 Å². The fourth-order valence-electron chi connectivity index (χ4n) is 3.49. The third-order valence-corrected chi connectivity index (χ3v) is 5.20. The lowest BCUT2D eigenvalue weighted by Crippen LogP contribution is -2.35. The van der Waals surface area contributed by atoms with Gasteiger partial charge in [-0.2, -0.15) is 4.98 Å². The molecule has 1 aliphatic heterocycles. The minimum atomic E-state index is 0.603. The maximum atomic E-state index is 5.62. The van der Waals surface area contributed by atoms with Gasteiger partial charge in [0.15, 0.2) is 0 Å². The molecule has 28 heavy (non-hydrogen) atoms. The van der Waals surface area contributed by atoms with Crippen molar-refractivity contribution >= 4 is 17.5 Å². The summed E-state index contributed by atoms with van der Waals surface area (Å²) in [4.78, 5) is 11.7. The van der Waals surface area contributed by atoms with E-state index >= 15 is 0 Å². The molecule has 1 saturated carbocycles. The summed E-state index contributed by atoms with van der Waals surface area (Å²) in [5.74, 6) is 2.17. The Kier molecular flexibility index (Phi) is 6.36. The quantitative estimate of drug-likeness (QED) is 0.575. The number of ether oxygens (including phenoxy) is 1. The largest absolute Gasteiger partial charge is 0.379 e. The molecule has 0 radical (unpaired) electrons. The standard InChI is InChI=1S/C21H30N6O/c22-7-2-8-23-20-19(17-5-6-17)14-24-21(26-20)25-18-4-1-3-16(13-18)15-27-9-11-28-12-10-27/h1,3-4,13-14,17H,2,5-12,15,22H2,(H2,23,24,25,26). The summed E-state index contributed by atoms with van der Waals surface area (Å²) in [5.41, 5.74) is 9.14. The highest BCUT2D eigenvalue weighted by Crippen LogP contribution is 2.42. The number of aromatic nitrogens is 2. The number of hydrogen-bond donors (Lipinski definition) is 3. The number of hydrogen-bond acceptors (Lipinski definition) is 7. The molecular weight excluding hydrogens is 352 g/mol. The van der Waals surface area contributed by atoms with Crippen LogP contribution in [0.3, 0.4) is 0 Å². The fourth-order valence-corrected chi connectivity index (χ4v) is 3.49. The average Bonchev–Trinajstić information content (AvgIpc) is 3.55. The first-order valence-corrected chi connectivity index (χ1v) is 10.3. The lowest BCUT2D eigenvalue weighted by Gasteiger charge is -2.26. The summed E-state index contributed by atoms with van der Waals surface area (Å²) >= 11 is 0. The van der Waals surface area contributed by atoms with Crippen LogP contribution in [0.5, 0.6) is 0 Å². The van der Waals surface area contributed by atoms with E-state index in [9.17, 15) is 0 Å². The van der Waals surface area contributed by atoms with E-state index in [1.54, 1.807) is 0 Å². The molecule has 1 aromatic heterocycles. The summed E-state index contributed by atoms with van der Waals surface area (Å²) in [6, 6.07) is 8.48. The smallest absolute Gasteiger partial charge is 0.229 e. The normalized spacial score (nSPS) is 17.5. The molecule has 150 valence electrons. The molecule has 0 unspecified atom stereocenters. The number of rotatable bonds is 9. The Balaban J connectivity index is 1.44. The minimum absolute atomic E-state index is 0.603. The Morgan fingerprint density at radius 1 is 1.21 bits per heavy atom. The third-order valence-electron chi connectivity index (χ3n) is 5.20. The lowest BCUT2D eigenvalue weighted by atomic mass is 10.2. The van der Waals surface area contributed by atoms with Crippen LogP contribution in [0.1, 0.15) is 36.3 Å². The molecule has 7 nitrogen and oxygen atoms in total. The second-order valence-electron chi connectivity index (χ2n) is 7.55. The van der Waals surface area contributed by atoms with E-state index in [0.29, 0.717) is 18.4 Å². The first-order chi connectivity index (χ1) is 13.8. The van der Waals surface area contributed by atoms with Gasteiger partial charge in [0, 0.05) is 43.6 Å². The van der Waals surface area contributed by atoms with Crippen molar-refractivity contribution in [2.45, 2.75) is 31.7 Å². The van der Waals surface area contributed by atoms with Crippen LogP contribution in [0.25, 0.3) is 0 Å².